The summed E-state index contributed by atoms with van der Waals surface area (Å²) in [4.78, 5) is 13.6. The molecule has 1 heterocycles. The van der Waals surface area contributed by atoms with Crippen molar-refractivity contribution in [3.63, 3.8) is 0 Å². The van der Waals surface area contributed by atoms with Crippen LogP contribution in [0.4, 0.5) is 0 Å². The van der Waals surface area contributed by atoms with Crippen LogP contribution in [0.15, 0.2) is 6.20 Å². The van der Waals surface area contributed by atoms with E-state index < -0.39 is 5.91 Å². The van der Waals surface area contributed by atoms with E-state index in [-0.39, 0.29) is 0 Å². The standard InChI is InChI=1S/C4H4N2O2S2/c7-3(6-8)2-1-5-4(9)10-2/h1,8H,(H,5,9)(H,6,7). The maximum atomic E-state index is 10.6. The number of hydrogen-bond donors (Lipinski definition) is 3. The minimum absolute atomic E-state index is 0.368. The van der Waals surface area contributed by atoms with Crippen molar-refractivity contribution in [2.45, 2.75) is 0 Å². The second-order valence-corrected chi connectivity index (χ2v) is 3.20. The van der Waals surface area contributed by atoms with Gasteiger partial charge in [0.2, 0.25) is 0 Å². The second kappa shape index (κ2) is 2.91. The number of rotatable bonds is 1. The van der Waals surface area contributed by atoms with Crippen molar-refractivity contribution in [1.29, 1.82) is 0 Å². The highest BCUT2D eigenvalue weighted by Gasteiger charge is 2.04. The van der Waals surface area contributed by atoms with Crippen LogP contribution in [-0.2, 0) is 0 Å². The highest BCUT2D eigenvalue weighted by atomic mass is 32.1. The SMILES string of the molecule is O=C(NO)c1c[nH]c(=S)s1. The summed E-state index contributed by atoms with van der Waals surface area (Å²) in [5.41, 5.74) is 1.50. The fourth-order valence-corrected chi connectivity index (χ4v) is 1.35. The lowest BCUT2D eigenvalue weighted by molar-refractivity contribution is 0.0711. The van der Waals surface area contributed by atoms with E-state index in [1.165, 1.54) is 11.7 Å². The number of H-pyrrole nitrogens is 1. The predicted molar refractivity (Wildman–Crippen MR) is 38.8 cm³/mol. The Morgan fingerprint density at radius 2 is 2.60 bits per heavy atom. The van der Waals surface area contributed by atoms with E-state index in [0.29, 0.717) is 8.83 Å². The molecule has 0 aliphatic rings. The molecule has 0 saturated heterocycles. The molecule has 1 rings (SSSR count). The van der Waals surface area contributed by atoms with Crippen molar-refractivity contribution >= 4 is 29.5 Å². The Bertz CT molecular complexity index is 289. The predicted octanol–water partition coefficient (Wildman–Crippen LogP) is 0.925. The lowest BCUT2D eigenvalue weighted by atomic mass is 10.5. The maximum absolute atomic E-state index is 10.6. The summed E-state index contributed by atoms with van der Waals surface area (Å²) in [6.07, 6.45) is 1.44. The van der Waals surface area contributed by atoms with E-state index in [0.717, 1.165) is 11.3 Å². The van der Waals surface area contributed by atoms with Gasteiger partial charge >= 0.3 is 0 Å². The first kappa shape index (κ1) is 7.39. The summed E-state index contributed by atoms with van der Waals surface area (Å²) in [5.74, 6) is -0.544. The van der Waals surface area contributed by atoms with Gasteiger partial charge in [-0.2, -0.15) is 0 Å². The topological polar surface area (TPSA) is 65.1 Å². The number of carbonyl (C=O) groups excluding carboxylic acids is 1. The number of thiazole rings is 1. The first-order valence-corrected chi connectivity index (χ1v) is 3.59. The highest BCUT2D eigenvalue weighted by Crippen LogP contribution is 2.06. The van der Waals surface area contributed by atoms with E-state index >= 15 is 0 Å². The van der Waals surface area contributed by atoms with E-state index in [1.54, 1.807) is 0 Å². The van der Waals surface area contributed by atoms with Crippen LogP contribution in [-0.4, -0.2) is 16.1 Å². The van der Waals surface area contributed by atoms with Crippen molar-refractivity contribution in [2.24, 2.45) is 0 Å². The van der Waals surface area contributed by atoms with Crippen LogP contribution >= 0.6 is 23.6 Å². The van der Waals surface area contributed by atoms with Crippen LogP contribution in [0.1, 0.15) is 9.67 Å². The first-order valence-electron chi connectivity index (χ1n) is 2.37. The van der Waals surface area contributed by atoms with Crippen molar-refractivity contribution < 1.29 is 10.0 Å². The van der Waals surface area contributed by atoms with E-state index in [4.69, 9.17) is 17.4 Å². The number of hydrogen-bond acceptors (Lipinski definition) is 4. The van der Waals surface area contributed by atoms with Crippen LogP contribution < -0.4 is 5.48 Å². The molecule has 0 bridgehead atoms. The van der Waals surface area contributed by atoms with Crippen LogP contribution in [0.2, 0.25) is 0 Å². The molecule has 54 valence electrons. The molecule has 0 aliphatic carbocycles. The molecule has 0 aliphatic heterocycles. The first-order chi connectivity index (χ1) is 4.74. The molecule has 6 heteroatoms. The number of hydroxylamine groups is 1. The fourth-order valence-electron chi connectivity index (χ4n) is 0.450. The van der Waals surface area contributed by atoms with Gasteiger partial charge in [0.1, 0.15) is 4.88 Å². The number of aromatic nitrogens is 1. The molecule has 1 amide bonds. The molecule has 0 radical (unpaired) electrons. The maximum Gasteiger partial charge on any atom is 0.286 e. The smallest absolute Gasteiger partial charge is 0.286 e. The minimum Gasteiger partial charge on any atom is -0.343 e. The zero-order valence-electron chi connectivity index (χ0n) is 4.75. The summed E-state index contributed by atoms with van der Waals surface area (Å²) >= 11 is 5.81. The summed E-state index contributed by atoms with van der Waals surface area (Å²) in [6, 6.07) is 0. The average molecular weight is 176 g/mol. The zero-order valence-corrected chi connectivity index (χ0v) is 6.38. The largest absolute Gasteiger partial charge is 0.343 e. The molecule has 0 saturated carbocycles. The second-order valence-electron chi connectivity index (χ2n) is 1.48. The van der Waals surface area contributed by atoms with Gasteiger partial charge in [-0.25, -0.2) is 5.48 Å². The molecule has 0 atom stereocenters. The van der Waals surface area contributed by atoms with Crippen LogP contribution in [0.5, 0.6) is 0 Å². The van der Waals surface area contributed by atoms with Gasteiger partial charge in [-0.05, 0) is 12.2 Å². The Labute approximate surface area is 65.5 Å². The van der Waals surface area contributed by atoms with E-state index in [2.05, 4.69) is 4.98 Å². The Kier molecular flexibility index (Phi) is 2.15. The third-order valence-electron chi connectivity index (χ3n) is 0.849. The molecule has 4 nitrogen and oxygen atoms in total. The molecule has 0 unspecified atom stereocenters. The summed E-state index contributed by atoms with van der Waals surface area (Å²) < 4.78 is 0.513. The highest BCUT2D eigenvalue weighted by molar-refractivity contribution is 7.73. The monoisotopic (exact) mass is 176 g/mol. The average Bonchev–Trinajstić information content (AvgIpc) is 2.34. The van der Waals surface area contributed by atoms with Gasteiger partial charge in [-0.3, -0.25) is 10.0 Å². The third kappa shape index (κ3) is 1.41. The number of amides is 1. The molecule has 1 aromatic heterocycles. The number of carbonyl (C=O) groups is 1. The lowest BCUT2D eigenvalue weighted by Gasteiger charge is -1.88. The molecular weight excluding hydrogens is 172 g/mol. The van der Waals surface area contributed by atoms with Gasteiger partial charge in [0.15, 0.2) is 3.95 Å². The van der Waals surface area contributed by atoms with Gasteiger partial charge in [0, 0.05) is 6.20 Å². The number of nitrogens with one attached hydrogen (secondary N) is 2. The summed E-state index contributed by atoms with van der Waals surface area (Å²) in [6.45, 7) is 0. The lowest BCUT2D eigenvalue weighted by Crippen LogP contribution is -2.16. The fraction of sp³-hybridized carbons (Fsp3) is 0. The molecule has 3 N–H and O–H groups in total. The summed E-state index contributed by atoms with van der Waals surface area (Å²) in [7, 11) is 0. The van der Waals surface area contributed by atoms with Gasteiger partial charge in [-0.15, -0.1) is 0 Å². The van der Waals surface area contributed by atoms with Crippen LogP contribution in [0.25, 0.3) is 0 Å². The molecule has 0 fully saturated rings. The third-order valence-corrected chi connectivity index (χ3v) is 2.04. The Hall–Kier alpha value is -0.720. The molecular formula is C4H4N2O2S2. The van der Waals surface area contributed by atoms with Crippen molar-refractivity contribution in [3.05, 3.63) is 15.0 Å². The van der Waals surface area contributed by atoms with Crippen molar-refractivity contribution in [1.82, 2.24) is 10.5 Å². The van der Waals surface area contributed by atoms with Crippen LogP contribution in [0, 0.1) is 3.95 Å². The molecule has 0 spiro atoms. The Balaban J connectivity index is 2.95. The molecule has 10 heavy (non-hydrogen) atoms. The molecule has 1 aromatic rings. The van der Waals surface area contributed by atoms with Crippen LogP contribution in [0.3, 0.4) is 0 Å². The van der Waals surface area contributed by atoms with Crippen molar-refractivity contribution in [3.8, 4) is 0 Å². The van der Waals surface area contributed by atoms with Gasteiger partial charge < -0.3 is 4.98 Å². The van der Waals surface area contributed by atoms with E-state index in [1.807, 2.05) is 0 Å². The zero-order chi connectivity index (χ0) is 7.56. The van der Waals surface area contributed by atoms with Gasteiger partial charge in [0.25, 0.3) is 5.91 Å². The normalized spacial score (nSPS) is 9.30. The quantitative estimate of drug-likeness (QED) is 0.339. The van der Waals surface area contributed by atoms with Gasteiger partial charge in [0.05, 0.1) is 0 Å². The van der Waals surface area contributed by atoms with E-state index in [9.17, 15) is 4.79 Å². The molecule has 0 aromatic carbocycles. The summed E-state index contributed by atoms with van der Waals surface area (Å²) in [5, 5.41) is 8.16. The van der Waals surface area contributed by atoms with Crippen molar-refractivity contribution in [2.75, 3.05) is 0 Å². The number of aromatic amines is 1. The van der Waals surface area contributed by atoms with Gasteiger partial charge in [-0.1, -0.05) is 11.3 Å². The Morgan fingerprint density at radius 1 is 1.90 bits per heavy atom. The Morgan fingerprint density at radius 3 is 3.00 bits per heavy atom. The minimum atomic E-state index is -0.544.